The van der Waals surface area contributed by atoms with Gasteiger partial charge in [0.15, 0.2) is 0 Å². The van der Waals surface area contributed by atoms with Crippen LogP contribution < -0.4 is 4.74 Å². The summed E-state index contributed by atoms with van der Waals surface area (Å²) >= 11 is 0. The standard InChI is InChI=1S/C22H23NO3/c1-3-14-5-4-6-18-19-13-17(11-12-20(19)23-21(14)18)26-22(24)15-7-9-16(25-2)10-8-15/h4-10,17,23H,3,11-13H2,1-2H3. The van der Waals surface area contributed by atoms with E-state index in [1.54, 1.807) is 31.4 Å². The zero-order valence-electron chi connectivity index (χ0n) is 15.2. The van der Waals surface area contributed by atoms with Crippen molar-refractivity contribution in [2.75, 3.05) is 7.11 Å². The van der Waals surface area contributed by atoms with Gasteiger partial charge in [0.05, 0.1) is 12.7 Å². The Morgan fingerprint density at radius 2 is 2.00 bits per heavy atom. The molecule has 1 aliphatic carbocycles. The number of carbonyl (C=O) groups excluding carboxylic acids is 1. The molecular weight excluding hydrogens is 326 g/mol. The first-order chi connectivity index (χ1) is 12.7. The Balaban J connectivity index is 1.53. The number of esters is 1. The van der Waals surface area contributed by atoms with Gasteiger partial charge >= 0.3 is 5.97 Å². The predicted octanol–water partition coefficient (Wildman–Crippen LogP) is 4.45. The molecule has 0 fully saturated rings. The summed E-state index contributed by atoms with van der Waals surface area (Å²) in [4.78, 5) is 16.1. The van der Waals surface area contributed by atoms with E-state index in [0.717, 1.165) is 31.4 Å². The molecule has 4 heteroatoms. The van der Waals surface area contributed by atoms with E-state index in [4.69, 9.17) is 9.47 Å². The molecule has 0 aliphatic heterocycles. The molecule has 26 heavy (non-hydrogen) atoms. The summed E-state index contributed by atoms with van der Waals surface area (Å²) in [6, 6.07) is 13.5. The number of aryl methyl sites for hydroxylation is 2. The van der Waals surface area contributed by atoms with Crippen molar-refractivity contribution in [1.29, 1.82) is 0 Å². The van der Waals surface area contributed by atoms with Gasteiger partial charge in [0, 0.05) is 23.0 Å². The summed E-state index contributed by atoms with van der Waals surface area (Å²) in [6.45, 7) is 2.17. The van der Waals surface area contributed by atoms with Gasteiger partial charge in [-0.15, -0.1) is 0 Å². The maximum absolute atomic E-state index is 12.5. The van der Waals surface area contributed by atoms with Gasteiger partial charge in [-0.3, -0.25) is 0 Å². The Bertz CT molecular complexity index is 940. The van der Waals surface area contributed by atoms with E-state index in [0.29, 0.717) is 5.56 Å². The first-order valence-corrected chi connectivity index (χ1v) is 9.16. The second kappa shape index (κ2) is 6.87. The number of para-hydroxylation sites is 1. The van der Waals surface area contributed by atoms with Crippen LogP contribution in [0.2, 0.25) is 0 Å². The number of rotatable bonds is 4. The van der Waals surface area contributed by atoms with Crippen LogP contribution in [0.25, 0.3) is 10.9 Å². The fourth-order valence-electron chi connectivity index (χ4n) is 3.81. The molecular formula is C22H23NO3. The highest BCUT2D eigenvalue weighted by Crippen LogP contribution is 2.32. The number of ether oxygens (including phenoxy) is 2. The number of benzene rings is 2. The van der Waals surface area contributed by atoms with Crippen LogP contribution in [-0.2, 0) is 24.0 Å². The number of carbonyl (C=O) groups is 1. The molecule has 1 unspecified atom stereocenters. The lowest BCUT2D eigenvalue weighted by Gasteiger charge is -2.22. The van der Waals surface area contributed by atoms with Crippen LogP contribution >= 0.6 is 0 Å². The van der Waals surface area contributed by atoms with Crippen LogP contribution in [-0.4, -0.2) is 24.2 Å². The van der Waals surface area contributed by atoms with Crippen molar-refractivity contribution in [1.82, 2.24) is 4.98 Å². The van der Waals surface area contributed by atoms with E-state index < -0.39 is 0 Å². The molecule has 0 spiro atoms. The quantitative estimate of drug-likeness (QED) is 0.708. The molecule has 0 bridgehead atoms. The van der Waals surface area contributed by atoms with Gasteiger partial charge in [-0.05, 0) is 54.7 Å². The lowest BCUT2D eigenvalue weighted by Crippen LogP contribution is -2.25. The molecule has 0 radical (unpaired) electrons. The van der Waals surface area contributed by atoms with Crippen molar-refractivity contribution < 1.29 is 14.3 Å². The van der Waals surface area contributed by atoms with E-state index in [1.165, 1.54) is 27.7 Å². The summed E-state index contributed by atoms with van der Waals surface area (Å²) in [5, 5.41) is 1.27. The maximum Gasteiger partial charge on any atom is 0.338 e. The van der Waals surface area contributed by atoms with Gasteiger partial charge in [0.25, 0.3) is 0 Å². The molecule has 3 aromatic rings. The Hall–Kier alpha value is -2.75. The molecule has 1 N–H and O–H groups in total. The van der Waals surface area contributed by atoms with Gasteiger partial charge in [0.2, 0.25) is 0 Å². The molecule has 1 aliphatic rings. The van der Waals surface area contributed by atoms with E-state index in [-0.39, 0.29) is 12.1 Å². The molecule has 4 nitrogen and oxygen atoms in total. The molecule has 1 atom stereocenters. The predicted molar refractivity (Wildman–Crippen MR) is 102 cm³/mol. The van der Waals surface area contributed by atoms with E-state index >= 15 is 0 Å². The Morgan fingerprint density at radius 1 is 1.19 bits per heavy atom. The van der Waals surface area contributed by atoms with Crippen molar-refractivity contribution >= 4 is 16.9 Å². The lowest BCUT2D eigenvalue weighted by molar-refractivity contribution is 0.0271. The number of hydrogen-bond acceptors (Lipinski definition) is 3. The number of hydrogen-bond donors (Lipinski definition) is 1. The Labute approximate surface area is 153 Å². The molecule has 0 saturated heterocycles. The summed E-state index contributed by atoms with van der Waals surface area (Å²) in [5.74, 6) is 0.463. The Morgan fingerprint density at radius 3 is 2.73 bits per heavy atom. The lowest BCUT2D eigenvalue weighted by atomic mass is 9.92. The summed E-state index contributed by atoms with van der Waals surface area (Å²) in [5.41, 5.74) is 5.72. The number of aromatic amines is 1. The van der Waals surface area contributed by atoms with Crippen LogP contribution in [0.3, 0.4) is 0 Å². The second-order valence-electron chi connectivity index (χ2n) is 6.77. The summed E-state index contributed by atoms with van der Waals surface area (Å²) < 4.78 is 10.9. The third-order valence-corrected chi connectivity index (χ3v) is 5.24. The highest BCUT2D eigenvalue weighted by Gasteiger charge is 2.26. The molecule has 4 rings (SSSR count). The minimum Gasteiger partial charge on any atom is -0.497 e. The van der Waals surface area contributed by atoms with Gasteiger partial charge in [-0.1, -0.05) is 25.1 Å². The molecule has 1 aromatic heterocycles. The zero-order valence-corrected chi connectivity index (χ0v) is 15.2. The van der Waals surface area contributed by atoms with Gasteiger partial charge in [-0.25, -0.2) is 4.79 Å². The van der Waals surface area contributed by atoms with Crippen molar-refractivity contribution in [2.24, 2.45) is 0 Å². The van der Waals surface area contributed by atoms with Crippen molar-refractivity contribution in [3.8, 4) is 5.75 Å². The van der Waals surface area contributed by atoms with Gasteiger partial charge in [0.1, 0.15) is 11.9 Å². The monoisotopic (exact) mass is 349 g/mol. The van der Waals surface area contributed by atoms with Crippen LogP contribution in [0.15, 0.2) is 42.5 Å². The number of H-pyrrole nitrogens is 1. The van der Waals surface area contributed by atoms with Gasteiger partial charge in [-0.2, -0.15) is 0 Å². The minimum atomic E-state index is -0.268. The van der Waals surface area contributed by atoms with Crippen LogP contribution in [0, 0.1) is 0 Å². The average Bonchev–Trinajstić information content (AvgIpc) is 3.06. The van der Waals surface area contributed by atoms with Crippen LogP contribution in [0.4, 0.5) is 0 Å². The van der Waals surface area contributed by atoms with Crippen LogP contribution in [0.1, 0.15) is 40.5 Å². The van der Waals surface area contributed by atoms with E-state index in [1.807, 2.05) is 0 Å². The first kappa shape index (κ1) is 16.7. The summed E-state index contributed by atoms with van der Waals surface area (Å²) in [6.07, 6.45) is 3.45. The highest BCUT2D eigenvalue weighted by molar-refractivity contribution is 5.90. The van der Waals surface area contributed by atoms with Crippen molar-refractivity contribution in [3.05, 3.63) is 64.8 Å². The first-order valence-electron chi connectivity index (χ1n) is 9.16. The SMILES string of the molecule is CCc1cccc2c3c([nH]c12)CCC(OC(=O)c1ccc(OC)cc1)C3. The highest BCUT2D eigenvalue weighted by atomic mass is 16.5. The smallest absolute Gasteiger partial charge is 0.338 e. The van der Waals surface area contributed by atoms with E-state index in [9.17, 15) is 4.79 Å². The molecule has 1 heterocycles. The Kier molecular flexibility index (Phi) is 4.41. The maximum atomic E-state index is 12.5. The zero-order chi connectivity index (χ0) is 18.1. The van der Waals surface area contributed by atoms with E-state index in [2.05, 4.69) is 30.1 Å². The molecule has 0 amide bonds. The normalized spacial score (nSPS) is 16.3. The fraction of sp³-hybridized carbons (Fsp3) is 0.318. The number of nitrogens with one attached hydrogen (secondary N) is 1. The van der Waals surface area contributed by atoms with Crippen LogP contribution in [0.5, 0.6) is 5.75 Å². The van der Waals surface area contributed by atoms with Crippen molar-refractivity contribution in [3.63, 3.8) is 0 Å². The molecule has 2 aromatic carbocycles. The third-order valence-electron chi connectivity index (χ3n) is 5.24. The second-order valence-corrected chi connectivity index (χ2v) is 6.77. The van der Waals surface area contributed by atoms with Crippen molar-refractivity contribution in [2.45, 2.75) is 38.7 Å². The number of aromatic nitrogens is 1. The van der Waals surface area contributed by atoms with Gasteiger partial charge < -0.3 is 14.5 Å². The molecule has 134 valence electrons. The third kappa shape index (κ3) is 2.96. The number of methoxy groups -OCH3 is 1. The minimum absolute atomic E-state index is 0.0821. The fourth-order valence-corrected chi connectivity index (χ4v) is 3.81. The molecule has 0 saturated carbocycles. The average molecular weight is 349 g/mol. The summed E-state index contributed by atoms with van der Waals surface area (Å²) in [7, 11) is 1.61. The largest absolute Gasteiger partial charge is 0.497 e. The topological polar surface area (TPSA) is 51.3 Å². The number of fused-ring (bicyclic) bond motifs is 3.